The monoisotopic (exact) mass is 373 g/mol. The fraction of sp³-hybridized carbons (Fsp3) is 0.278. The molecule has 0 unspecified atom stereocenters. The largest absolute Gasteiger partial charge is 0.493 e. The van der Waals surface area contributed by atoms with Gasteiger partial charge in [0.25, 0.3) is 0 Å². The van der Waals surface area contributed by atoms with Crippen LogP contribution in [0.25, 0.3) is 0 Å². The van der Waals surface area contributed by atoms with Gasteiger partial charge >= 0.3 is 0 Å². The van der Waals surface area contributed by atoms with Crippen molar-refractivity contribution in [3.05, 3.63) is 58.6 Å². The summed E-state index contributed by atoms with van der Waals surface area (Å²) >= 11 is 6.04. The van der Waals surface area contributed by atoms with E-state index in [1.54, 1.807) is 11.8 Å². The highest BCUT2D eigenvalue weighted by Gasteiger charge is 2.12. The van der Waals surface area contributed by atoms with E-state index in [9.17, 15) is 0 Å². The lowest BCUT2D eigenvalue weighted by Gasteiger charge is -2.16. The molecule has 1 N–H and O–H groups in total. The number of rotatable bonds is 8. The van der Waals surface area contributed by atoms with Gasteiger partial charge in [-0.25, -0.2) is 4.68 Å². The maximum absolute atomic E-state index is 6.04. The number of nitrogens with zero attached hydrogens (tertiary/aromatic N) is 4. The number of hydrogen-bond donors (Lipinski definition) is 1. The highest BCUT2D eigenvalue weighted by atomic mass is 35.5. The first-order valence-electron chi connectivity index (χ1n) is 8.24. The molecule has 0 fully saturated rings. The van der Waals surface area contributed by atoms with Crippen LogP contribution in [0.15, 0.2) is 42.5 Å². The van der Waals surface area contributed by atoms with E-state index in [2.05, 4.69) is 20.8 Å². The van der Waals surface area contributed by atoms with Gasteiger partial charge in [-0.05, 0) is 41.1 Å². The van der Waals surface area contributed by atoms with E-state index in [4.69, 9.17) is 21.1 Å². The first-order chi connectivity index (χ1) is 12.7. The Balaban J connectivity index is 1.77. The van der Waals surface area contributed by atoms with Crippen molar-refractivity contribution in [2.24, 2.45) is 0 Å². The molecule has 0 saturated carbocycles. The molecule has 0 atom stereocenters. The summed E-state index contributed by atoms with van der Waals surface area (Å²) in [5, 5.41) is 15.5. The first-order valence-corrected chi connectivity index (χ1v) is 8.62. The molecule has 136 valence electrons. The van der Waals surface area contributed by atoms with E-state index in [1.165, 1.54) is 0 Å². The lowest BCUT2D eigenvalue weighted by Crippen LogP contribution is -2.09. The van der Waals surface area contributed by atoms with E-state index in [-0.39, 0.29) is 0 Å². The molecule has 3 aromatic rings. The molecule has 0 saturated heterocycles. The fourth-order valence-electron chi connectivity index (χ4n) is 2.53. The normalized spacial score (nSPS) is 10.6. The number of benzene rings is 2. The Morgan fingerprint density at radius 1 is 1.19 bits per heavy atom. The Morgan fingerprint density at radius 3 is 2.81 bits per heavy atom. The summed E-state index contributed by atoms with van der Waals surface area (Å²) in [6.07, 6.45) is 0. The van der Waals surface area contributed by atoms with Crippen LogP contribution in [0.4, 0.5) is 5.95 Å². The summed E-state index contributed by atoms with van der Waals surface area (Å²) in [5.74, 6) is 1.95. The van der Waals surface area contributed by atoms with Gasteiger partial charge in [-0.1, -0.05) is 41.0 Å². The van der Waals surface area contributed by atoms with Crippen molar-refractivity contribution in [3.8, 4) is 11.5 Å². The molecular weight excluding hydrogens is 354 g/mol. The Hall–Kier alpha value is -2.80. The average Bonchev–Trinajstić information content (AvgIpc) is 3.12. The van der Waals surface area contributed by atoms with Crippen molar-refractivity contribution in [1.29, 1.82) is 0 Å². The summed E-state index contributed by atoms with van der Waals surface area (Å²) in [6.45, 7) is 3.56. The van der Waals surface area contributed by atoms with Gasteiger partial charge in [-0.2, -0.15) is 0 Å². The van der Waals surface area contributed by atoms with Crippen molar-refractivity contribution < 1.29 is 9.47 Å². The number of methoxy groups -OCH3 is 1. The molecule has 3 rings (SSSR count). The molecule has 0 aliphatic carbocycles. The maximum Gasteiger partial charge on any atom is 0.243 e. The summed E-state index contributed by atoms with van der Waals surface area (Å²) < 4.78 is 13.2. The smallest absolute Gasteiger partial charge is 0.243 e. The molecule has 0 aliphatic heterocycles. The lowest BCUT2D eigenvalue weighted by molar-refractivity contribution is 0.281. The third-order valence-corrected chi connectivity index (χ3v) is 4.06. The van der Waals surface area contributed by atoms with Gasteiger partial charge in [-0.15, -0.1) is 0 Å². The molecule has 1 heterocycles. The standard InChI is InChI=1S/C18H20ClN5O2/c1-3-24-18(21-22-23-24)20-11-14-7-5-9-16(25-2)17(14)26-12-13-6-4-8-15(19)10-13/h4-10H,3,11-12H2,1-2H3,(H,20,21,23). The number of tetrazole rings is 1. The van der Waals surface area contributed by atoms with E-state index < -0.39 is 0 Å². The first kappa shape index (κ1) is 18.0. The summed E-state index contributed by atoms with van der Waals surface area (Å²) in [7, 11) is 1.62. The van der Waals surface area contributed by atoms with Crippen LogP contribution >= 0.6 is 11.6 Å². The molecule has 0 amide bonds. The predicted octanol–water partition coefficient (Wildman–Crippen LogP) is 3.55. The second-order valence-electron chi connectivity index (χ2n) is 5.54. The fourth-order valence-corrected chi connectivity index (χ4v) is 2.74. The lowest BCUT2D eigenvalue weighted by atomic mass is 10.1. The topological polar surface area (TPSA) is 74.1 Å². The van der Waals surface area contributed by atoms with Crippen LogP contribution in [0.2, 0.25) is 5.02 Å². The number of aryl methyl sites for hydroxylation is 1. The van der Waals surface area contributed by atoms with Crippen molar-refractivity contribution in [1.82, 2.24) is 20.2 Å². The minimum atomic E-state index is 0.390. The van der Waals surface area contributed by atoms with Crippen molar-refractivity contribution in [2.75, 3.05) is 12.4 Å². The number of halogens is 1. The van der Waals surface area contributed by atoms with Crippen molar-refractivity contribution in [3.63, 3.8) is 0 Å². The number of ether oxygens (including phenoxy) is 2. The zero-order valence-corrected chi connectivity index (χ0v) is 15.4. The van der Waals surface area contributed by atoms with E-state index in [0.29, 0.717) is 42.2 Å². The maximum atomic E-state index is 6.04. The summed E-state index contributed by atoms with van der Waals surface area (Å²) in [4.78, 5) is 0. The molecule has 26 heavy (non-hydrogen) atoms. The molecule has 0 radical (unpaired) electrons. The van der Waals surface area contributed by atoms with Crippen LogP contribution < -0.4 is 14.8 Å². The van der Waals surface area contributed by atoms with Crippen molar-refractivity contribution >= 4 is 17.5 Å². The summed E-state index contributed by atoms with van der Waals surface area (Å²) in [6, 6.07) is 13.3. The van der Waals surface area contributed by atoms with Crippen LogP contribution in [0, 0.1) is 0 Å². The van der Waals surface area contributed by atoms with Gasteiger partial charge in [0.1, 0.15) is 6.61 Å². The second kappa shape index (κ2) is 8.53. The van der Waals surface area contributed by atoms with Crippen LogP contribution in [-0.4, -0.2) is 27.3 Å². The quantitative estimate of drug-likeness (QED) is 0.651. The Bertz CT molecular complexity index is 868. The molecule has 0 bridgehead atoms. The number of anilines is 1. The molecule has 2 aromatic carbocycles. The van der Waals surface area contributed by atoms with Gasteiger partial charge in [0, 0.05) is 23.7 Å². The van der Waals surface area contributed by atoms with Gasteiger partial charge in [-0.3, -0.25) is 0 Å². The molecule has 0 spiro atoms. The number of hydrogen-bond acceptors (Lipinski definition) is 6. The summed E-state index contributed by atoms with van der Waals surface area (Å²) in [5.41, 5.74) is 1.93. The van der Waals surface area contributed by atoms with Crippen LogP contribution in [0.1, 0.15) is 18.1 Å². The average molecular weight is 374 g/mol. The highest BCUT2D eigenvalue weighted by molar-refractivity contribution is 6.30. The molecule has 1 aromatic heterocycles. The van der Waals surface area contributed by atoms with Gasteiger partial charge in [0.2, 0.25) is 5.95 Å². The van der Waals surface area contributed by atoms with Crippen molar-refractivity contribution in [2.45, 2.75) is 26.6 Å². The number of para-hydroxylation sites is 1. The zero-order chi connectivity index (χ0) is 18.4. The van der Waals surface area contributed by atoms with Crippen LogP contribution in [0.3, 0.4) is 0 Å². The van der Waals surface area contributed by atoms with Crippen LogP contribution in [-0.2, 0) is 19.7 Å². The Kier molecular flexibility index (Phi) is 5.91. The third kappa shape index (κ3) is 4.23. The zero-order valence-electron chi connectivity index (χ0n) is 14.6. The van der Waals surface area contributed by atoms with Gasteiger partial charge < -0.3 is 14.8 Å². The molecule has 0 aliphatic rings. The Labute approximate surface area is 156 Å². The predicted molar refractivity (Wildman–Crippen MR) is 99.6 cm³/mol. The highest BCUT2D eigenvalue weighted by Crippen LogP contribution is 2.32. The molecule has 8 heteroatoms. The number of aromatic nitrogens is 4. The van der Waals surface area contributed by atoms with E-state index >= 15 is 0 Å². The minimum absolute atomic E-state index is 0.390. The number of nitrogens with one attached hydrogen (secondary N) is 1. The Morgan fingerprint density at radius 2 is 2.04 bits per heavy atom. The van der Waals surface area contributed by atoms with E-state index in [1.807, 2.05) is 49.4 Å². The van der Waals surface area contributed by atoms with Gasteiger partial charge in [0.05, 0.1) is 7.11 Å². The minimum Gasteiger partial charge on any atom is -0.493 e. The van der Waals surface area contributed by atoms with Crippen LogP contribution in [0.5, 0.6) is 11.5 Å². The van der Waals surface area contributed by atoms with E-state index in [0.717, 1.165) is 11.1 Å². The van der Waals surface area contributed by atoms with Gasteiger partial charge in [0.15, 0.2) is 11.5 Å². The molecule has 7 nitrogen and oxygen atoms in total. The third-order valence-electron chi connectivity index (χ3n) is 3.82. The molecular formula is C18H20ClN5O2. The SMILES string of the molecule is CCn1nnnc1NCc1cccc(OC)c1OCc1cccc(Cl)c1. The second-order valence-corrected chi connectivity index (χ2v) is 5.98.